The van der Waals surface area contributed by atoms with E-state index in [0.29, 0.717) is 5.69 Å². The largest absolute Gasteiger partial charge is 0.325 e. The lowest BCUT2D eigenvalue weighted by molar-refractivity contribution is -0.117. The summed E-state index contributed by atoms with van der Waals surface area (Å²) >= 11 is 3.23. The summed E-state index contributed by atoms with van der Waals surface area (Å²) in [6, 6.07) is 6.25. The maximum atomic E-state index is 11.7. The Balaban J connectivity index is 2.87. The molecular weight excluding hydrogens is 322 g/mol. The molecule has 0 saturated carbocycles. The van der Waals surface area contributed by atoms with Crippen molar-refractivity contribution in [2.45, 2.75) is 18.2 Å². The fourth-order valence-electron chi connectivity index (χ4n) is 1.10. The number of halogens is 1. The van der Waals surface area contributed by atoms with Gasteiger partial charge in [0.25, 0.3) is 10.2 Å². The summed E-state index contributed by atoms with van der Waals surface area (Å²) in [6.07, 6.45) is 0. The molecule has 1 aromatic rings. The molecule has 0 aliphatic rings. The van der Waals surface area contributed by atoms with E-state index in [1.54, 1.807) is 26.0 Å². The van der Waals surface area contributed by atoms with Crippen molar-refractivity contribution in [3.05, 3.63) is 24.3 Å². The predicted octanol–water partition coefficient (Wildman–Crippen LogP) is 1.41. The number of carbonyl (C=O) groups excluding carboxylic acids is 1. The molecule has 6 nitrogen and oxygen atoms in total. The minimum absolute atomic E-state index is 0.241. The zero-order chi connectivity index (χ0) is 14.0. The van der Waals surface area contributed by atoms with E-state index in [0.717, 1.165) is 0 Å². The summed E-state index contributed by atoms with van der Waals surface area (Å²) in [5.74, 6) is -0.241. The molecule has 0 fully saturated rings. The normalized spacial score (nSPS) is 12.0. The van der Waals surface area contributed by atoms with Gasteiger partial charge in [-0.05, 0) is 32.0 Å². The van der Waals surface area contributed by atoms with Crippen molar-refractivity contribution in [2.75, 3.05) is 10.0 Å². The van der Waals surface area contributed by atoms with Gasteiger partial charge in [-0.15, -0.1) is 0 Å². The first-order valence-electron chi connectivity index (χ1n) is 4.99. The maximum Gasteiger partial charge on any atom is 0.296 e. The van der Waals surface area contributed by atoms with E-state index in [1.807, 2.05) is 0 Å². The molecule has 0 saturated heterocycles. The number of rotatable bonds is 4. The first-order valence-corrected chi connectivity index (χ1v) is 7.33. The van der Waals surface area contributed by atoms with Crippen LogP contribution >= 0.6 is 15.9 Å². The molecule has 0 aromatic heterocycles. The molecule has 0 spiro atoms. The molecule has 0 aliphatic heterocycles. The van der Waals surface area contributed by atoms with E-state index < -0.39 is 14.5 Å². The van der Waals surface area contributed by atoms with E-state index in [2.05, 4.69) is 26.0 Å². The third kappa shape index (κ3) is 5.03. The van der Waals surface area contributed by atoms with Crippen molar-refractivity contribution >= 4 is 43.4 Å². The van der Waals surface area contributed by atoms with Crippen molar-refractivity contribution in [2.24, 2.45) is 5.14 Å². The van der Waals surface area contributed by atoms with Gasteiger partial charge in [0.15, 0.2) is 0 Å². The number of benzene rings is 1. The second-order valence-corrected chi connectivity index (χ2v) is 7.43. The Labute approximate surface area is 114 Å². The van der Waals surface area contributed by atoms with Gasteiger partial charge in [-0.1, -0.05) is 22.0 Å². The van der Waals surface area contributed by atoms with E-state index in [-0.39, 0.29) is 11.6 Å². The number of carbonyl (C=O) groups is 1. The number of hydrogen-bond donors (Lipinski definition) is 3. The number of nitrogens with one attached hydrogen (secondary N) is 2. The van der Waals surface area contributed by atoms with E-state index in [9.17, 15) is 13.2 Å². The first-order chi connectivity index (χ1) is 8.08. The maximum absolute atomic E-state index is 11.7. The standard InChI is InChI=1S/C10H14BrN3O3S/c1-10(2,11)9(15)13-7-4-3-5-8(6-7)14-18(12,16)17/h3-6,14H,1-2H3,(H,13,15)(H2,12,16,17). The molecule has 0 atom stereocenters. The SMILES string of the molecule is CC(C)(Br)C(=O)Nc1cccc(NS(N)(=O)=O)c1. The van der Waals surface area contributed by atoms with Gasteiger partial charge >= 0.3 is 0 Å². The van der Waals surface area contributed by atoms with Crippen LogP contribution in [0.5, 0.6) is 0 Å². The van der Waals surface area contributed by atoms with E-state index >= 15 is 0 Å². The highest BCUT2D eigenvalue weighted by atomic mass is 79.9. The molecule has 4 N–H and O–H groups in total. The van der Waals surface area contributed by atoms with E-state index in [1.165, 1.54) is 12.1 Å². The zero-order valence-corrected chi connectivity index (χ0v) is 12.3. The van der Waals surface area contributed by atoms with Gasteiger partial charge < -0.3 is 5.32 Å². The second-order valence-electron chi connectivity index (χ2n) is 4.15. The van der Waals surface area contributed by atoms with E-state index in [4.69, 9.17) is 5.14 Å². The summed E-state index contributed by atoms with van der Waals surface area (Å²) in [6.45, 7) is 3.41. The Bertz CT molecular complexity index is 552. The highest BCUT2D eigenvalue weighted by Gasteiger charge is 2.23. The molecule has 8 heteroatoms. The smallest absolute Gasteiger partial charge is 0.296 e. The van der Waals surface area contributed by atoms with Crippen LogP contribution < -0.4 is 15.2 Å². The Kier molecular flexibility index (Phi) is 4.36. The zero-order valence-electron chi connectivity index (χ0n) is 9.90. The van der Waals surface area contributed by atoms with Crippen LogP contribution in [0.3, 0.4) is 0 Å². The van der Waals surface area contributed by atoms with Crippen LogP contribution in [-0.2, 0) is 15.0 Å². The topological polar surface area (TPSA) is 101 Å². The third-order valence-electron chi connectivity index (χ3n) is 1.92. The average Bonchev–Trinajstić information content (AvgIpc) is 2.13. The first kappa shape index (κ1) is 14.9. The highest BCUT2D eigenvalue weighted by Crippen LogP contribution is 2.21. The van der Waals surface area contributed by atoms with Crippen LogP contribution in [0.25, 0.3) is 0 Å². The van der Waals surface area contributed by atoms with Crippen molar-refractivity contribution in [3.8, 4) is 0 Å². The van der Waals surface area contributed by atoms with Gasteiger partial charge in [0.05, 0.1) is 10.0 Å². The van der Waals surface area contributed by atoms with Crippen LogP contribution in [0.4, 0.5) is 11.4 Å². The number of hydrogen-bond acceptors (Lipinski definition) is 3. The minimum atomic E-state index is -3.82. The van der Waals surface area contributed by atoms with Crippen LogP contribution in [0.1, 0.15) is 13.8 Å². The average molecular weight is 336 g/mol. The highest BCUT2D eigenvalue weighted by molar-refractivity contribution is 9.10. The van der Waals surface area contributed by atoms with Crippen molar-refractivity contribution in [1.29, 1.82) is 0 Å². The van der Waals surface area contributed by atoms with Crippen molar-refractivity contribution in [1.82, 2.24) is 0 Å². The van der Waals surface area contributed by atoms with Gasteiger partial charge in [-0.3, -0.25) is 9.52 Å². The molecular formula is C10H14BrN3O3S. The Hall–Kier alpha value is -1.12. The van der Waals surface area contributed by atoms with Crippen LogP contribution in [0, 0.1) is 0 Å². The molecule has 100 valence electrons. The van der Waals surface area contributed by atoms with Crippen LogP contribution in [0.2, 0.25) is 0 Å². The fraction of sp³-hybridized carbons (Fsp3) is 0.300. The molecule has 0 radical (unpaired) electrons. The molecule has 0 bridgehead atoms. The lowest BCUT2D eigenvalue weighted by Gasteiger charge is -2.16. The quantitative estimate of drug-likeness (QED) is 0.725. The number of nitrogens with two attached hydrogens (primary N) is 1. The fourth-order valence-corrected chi connectivity index (χ4v) is 1.66. The Morgan fingerprint density at radius 3 is 2.39 bits per heavy atom. The number of alkyl halides is 1. The molecule has 0 unspecified atom stereocenters. The molecule has 1 aromatic carbocycles. The molecule has 18 heavy (non-hydrogen) atoms. The van der Waals surface area contributed by atoms with Crippen molar-refractivity contribution in [3.63, 3.8) is 0 Å². The van der Waals surface area contributed by atoms with Gasteiger partial charge in [0, 0.05) is 5.69 Å². The minimum Gasteiger partial charge on any atom is -0.325 e. The lowest BCUT2D eigenvalue weighted by atomic mass is 10.2. The monoisotopic (exact) mass is 335 g/mol. The van der Waals surface area contributed by atoms with Crippen LogP contribution in [0.15, 0.2) is 24.3 Å². The molecule has 1 amide bonds. The summed E-state index contributed by atoms with van der Waals surface area (Å²) in [4.78, 5) is 11.7. The Morgan fingerprint density at radius 2 is 1.89 bits per heavy atom. The van der Waals surface area contributed by atoms with Gasteiger partial charge in [0.1, 0.15) is 0 Å². The van der Waals surface area contributed by atoms with Gasteiger partial charge in [-0.25, -0.2) is 5.14 Å². The third-order valence-corrected chi connectivity index (χ3v) is 2.80. The predicted molar refractivity (Wildman–Crippen MR) is 74.8 cm³/mol. The summed E-state index contributed by atoms with van der Waals surface area (Å²) in [5, 5.41) is 7.50. The summed E-state index contributed by atoms with van der Waals surface area (Å²) in [7, 11) is -3.82. The molecule has 0 heterocycles. The molecule has 0 aliphatic carbocycles. The number of anilines is 2. The van der Waals surface area contributed by atoms with Gasteiger partial charge in [0.2, 0.25) is 5.91 Å². The van der Waals surface area contributed by atoms with Crippen LogP contribution in [-0.4, -0.2) is 18.6 Å². The van der Waals surface area contributed by atoms with Gasteiger partial charge in [-0.2, -0.15) is 8.42 Å². The number of amides is 1. The Morgan fingerprint density at radius 1 is 1.33 bits per heavy atom. The molecule has 1 rings (SSSR count). The summed E-state index contributed by atoms with van der Waals surface area (Å²) in [5.41, 5.74) is 0.754. The second kappa shape index (κ2) is 5.25. The summed E-state index contributed by atoms with van der Waals surface area (Å²) < 4.78 is 23.1. The lowest BCUT2D eigenvalue weighted by Crippen LogP contribution is -2.31. The van der Waals surface area contributed by atoms with Crippen molar-refractivity contribution < 1.29 is 13.2 Å².